The number of carbonyl (C=O) groups is 2. The van der Waals surface area contributed by atoms with Gasteiger partial charge in [-0.3, -0.25) is 4.79 Å². The lowest BCUT2D eigenvalue weighted by molar-refractivity contribution is -0.121. The largest absolute Gasteiger partial charge is 0.506 e. The van der Waals surface area contributed by atoms with E-state index in [-0.39, 0.29) is 28.2 Å². The number of hydrogen-bond donors (Lipinski definition) is 2. The predicted octanol–water partition coefficient (Wildman–Crippen LogP) is 1.45. The number of likely N-dealkylation sites (tertiary alicyclic amines) is 1. The Bertz CT molecular complexity index is 801. The van der Waals surface area contributed by atoms with Crippen molar-refractivity contribution in [2.24, 2.45) is 5.92 Å². The molecule has 2 N–H and O–H groups in total. The molecule has 2 rings (SSSR count). The summed E-state index contributed by atoms with van der Waals surface area (Å²) in [6.45, 7) is 2.83. The molecule has 1 aromatic rings. The van der Waals surface area contributed by atoms with Crippen LogP contribution in [0.2, 0.25) is 0 Å². The predicted molar refractivity (Wildman–Crippen MR) is 98.9 cm³/mol. The number of aromatic hydroxyl groups is 1. The lowest BCUT2D eigenvalue weighted by Gasteiger charge is -2.30. The van der Waals surface area contributed by atoms with Crippen LogP contribution in [0, 0.1) is 5.92 Å². The summed E-state index contributed by atoms with van der Waals surface area (Å²) in [5.41, 5.74) is 0.0377. The van der Waals surface area contributed by atoms with Gasteiger partial charge in [-0.25, -0.2) is 17.5 Å². The van der Waals surface area contributed by atoms with Crippen LogP contribution in [0.15, 0.2) is 23.1 Å². The second-order valence-electron chi connectivity index (χ2n) is 6.42. The van der Waals surface area contributed by atoms with Crippen LogP contribution < -0.4 is 5.32 Å². The van der Waals surface area contributed by atoms with Crippen LogP contribution in [0.5, 0.6) is 5.75 Å². The number of ether oxygens (including phenoxy) is 1. The van der Waals surface area contributed by atoms with Crippen LogP contribution in [0.25, 0.3) is 0 Å². The van der Waals surface area contributed by atoms with Crippen LogP contribution in [0.3, 0.4) is 0 Å². The lowest BCUT2D eigenvalue weighted by atomic mass is 9.96. The molecule has 0 unspecified atom stereocenters. The number of nitrogens with zero attached hydrogens (tertiary/aromatic N) is 2. The van der Waals surface area contributed by atoms with Gasteiger partial charge in [0.1, 0.15) is 5.75 Å². The molecule has 2 amide bonds. The van der Waals surface area contributed by atoms with Crippen molar-refractivity contribution in [1.82, 2.24) is 9.21 Å². The van der Waals surface area contributed by atoms with E-state index in [1.165, 1.54) is 32.3 Å². The van der Waals surface area contributed by atoms with Gasteiger partial charge in [0.2, 0.25) is 15.9 Å². The van der Waals surface area contributed by atoms with Crippen molar-refractivity contribution in [3.05, 3.63) is 18.2 Å². The quantitative estimate of drug-likeness (QED) is 0.724. The van der Waals surface area contributed by atoms with Crippen LogP contribution >= 0.6 is 0 Å². The number of amides is 2. The van der Waals surface area contributed by atoms with Crippen molar-refractivity contribution >= 4 is 27.7 Å². The fourth-order valence-electron chi connectivity index (χ4n) is 2.76. The average molecular weight is 399 g/mol. The average Bonchev–Trinajstić information content (AvgIpc) is 2.63. The van der Waals surface area contributed by atoms with Crippen molar-refractivity contribution < 1.29 is 27.9 Å². The van der Waals surface area contributed by atoms with E-state index >= 15 is 0 Å². The molecule has 10 heteroatoms. The number of phenols is 1. The van der Waals surface area contributed by atoms with E-state index < -0.39 is 16.1 Å². The Morgan fingerprint density at radius 3 is 2.48 bits per heavy atom. The maximum absolute atomic E-state index is 12.5. The molecule has 150 valence electrons. The highest BCUT2D eigenvalue weighted by atomic mass is 32.2. The Morgan fingerprint density at radius 2 is 1.93 bits per heavy atom. The molecule has 1 aliphatic rings. The minimum atomic E-state index is -3.69. The standard InChI is InChI=1S/C17H25N3O6S/c1-4-26-17(23)20-9-7-12(8-10-20)16(22)18-14-11-13(5-6-15(14)21)27(24,25)19(2)3/h5-6,11-12,21H,4,7-10H2,1-3H3,(H,18,22). The molecule has 0 atom stereocenters. The number of nitrogens with one attached hydrogen (secondary N) is 1. The highest BCUT2D eigenvalue weighted by molar-refractivity contribution is 7.89. The van der Waals surface area contributed by atoms with Crippen LogP contribution in [-0.2, 0) is 19.6 Å². The van der Waals surface area contributed by atoms with Gasteiger partial charge in [-0.2, -0.15) is 0 Å². The molecule has 27 heavy (non-hydrogen) atoms. The van der Waals surface area contributed by atoms with E-state index in [0.717, 1.165) is 4.31 Å². The highest BCUT2D eigenvalue weighted by Crippen LogP contribution is 2.29. The van der Waals surface area contributed by atoms with Gasteiger partial charge in [-0.15, -0.1) is 0 Å². The Hall–Kier alpha value is -2.33. The van der Waals surface area contributed by atoms with Crippen LogP contribution in [0.4, 0.5) is 10.5 Å². The minimum absolute atomic E-state index is 0.0299. The van der Waals surface area contributed by atoms with Gasteiger partial charge in [-0.05, 0) is 38.0 Å². The van der Waals surface area contributed by atoms with Crippen molar-refractivity contribution in [3.63, 3.8) is 0 Å². The monoisotopic (exact) mass is 399 g/mol. The van der Waals surface area contributed by atoms with E-state index in [2.05, 4.69) is 5.32 Å². The third-order valence-electron chi connectivity index (χ3n) is 4.40. The summed E-state index contributed by atoms with van der Waals surface area (Å²) >= 11 is 0. The maximum Gasteiger partial charge on any atom is 0.409 e. The Morgan fingerprint density at radius 1 is 1.30 bits per heavy atom. The first-order valence-electron chi connectivity index (χ1n) is 8.65. The summed E-state index contributed by atoms with van der Waals surface area (Å²) in [4.78, 5) is 25.7. The molecule has 1 fully saturated rings. The Kier molecular flexibility index (Phi) is 6.66. The summed E-state index contributed by atoms with van der Waals surface area (Å²) in [6.07, 6.45) is 0.526. The molecular weight excluding hydrogens is 374 g/mol. The SMILES string of the molecule is CCOC(=O)N1CCC(C(=O)Nc2cc(S(=O)(=O)N(C)C)ccc2O)CC1. The second kappa shape index (κ2) is 8.57. The number of sulfonamides is 1. The van der Waals surface area contributed by atoms with Gasteiger partial charge >= 0.3 is 6.09 Å². The Balaban J connectivity index is 2.05. The van der Waals surface area contributed by atoms with E-state index in [4.69, 9.17) is 4.74 Å². The zero-order valence-corrected chi connectivity index (χ0v) is 16.5. The topological polar surface area (TPSA) is 116 Å². The zero-order chi connectivity index (χ0) is 20.2. The number of piperidine rings is 1. The van der Waals surface area contributed by atoms with Gasteiger partial charge in [0.25, 0.3) is 0 Å². The fourth-order valence-corrected chi connectivity index (χ4v) is 3.69. The molecule has 0 radical (unpaired) electrons. The van der Waals surface area contributed by atoms with Gasteiger partial charge in [0.05, 0.1) is 17.2 Å². The first-order valence-corrected chi connectivity index (χ1v) is 10.1. The normalized spacial score (nSPS) is 15.6. The highest BCUT2D eigenvalue weighted by Gasteiger charge is 2.28. The van der Waals surface area contributed by atoms with Gasteiger partial charge < -0.3 is 20.1 Å². The van der Waals surface area contributed by atoms with E-state index in [0.29, 0.717) is 32.5 Å². The van der Waals surface area contributed by atoms with Crippen molar-refractivity contribution in [1.29, 1.82) is 0 Å². The molecule has 0 spiro atoms. The number of phenolic OH excluding ortho intramolecular Hbond substituents is 1. The minimum Gasteiger partial charge on any atom is -0.506 e. The molecule has 0 aliphatic carbocycles. The molecule has 9 nitrogen and oxygen atoms in total. The molecule has 0 aromatic heterocycles. The van der Waals surface area contributed by atoms with Gasteiger partial charge in [0, 0.05) is 33.1 Å². The molecule has 0 saturated carbocycles. The molecule has 1 heterocycles. The smallest absolute Gasteiger partial charge is 0.409 e. The van der Waals surface area contributed by atoms with Crippen molar-refractivity contribution in [2.75, 3.05) is 39.1 Å². The number of anilines is 1. The third kappa shape index (κ3) is 4.89. The number of benzene rings is 1. The number of rotatable bonds is 5. The van der Waals surface area contributed by atoms with Gasteiger partial charge in [-0.1, -0.05) is 0 Å². The number of carbonyl (C=O) groups excluding carboxylic acids is 2. The maximum atomic E-state index is 12.5. The summed E-state index contributed by atoms with van der Waals surface area (Å²) in [5.74, 6) is -0.887. The molecule has 0 bridgehead atoms. The molecule has 1 aromatic carbocycles. The fraction of sp³-hybridized carbons (Fsp3) is 0.529. The van der Waals surface area contributed by atoms with Crippen molar-refractivity contribution in [2.45, 2.75) is 24.7 Å². The summed E-state index contributed by atoms with van der Waals surface area (Å²) in [5, 5.41) is 12.6. The van der Waals surface area contributed by atoms with E-state index in [9.17, 15) is 23.1 Å². The van der Waals surface area contributed by atoms with Crippen molar-refractivity contribution in [3.8, 4) is 5.75 Å². The summed E-state index contributed by atoms with van der Waals surface area (Å²) in [6, 6.07) is 3.74. The molecule has 1 saturated heterocycles. The molecule has 1 aliphatic heterocycles. The third-order valence-corrected chi connectivity index (χ3v) is 6.21. The lowest BCUT2D eigenvalue weighted by Crippen LogP contribution is -2.41. The van der Waals surface area contributed by atoms with Crippen LogP contribution in [0.1, 0.15) is 19.8 Å². The summed E-state index contributed by atoms with van der Waals surface area (Å²) < 4.78 is 30.4. The van der Waals surface area contributed by atoms with Crippen LogP contribution in [-0.4, -0.2) is 68.5 Å². The second-order valence-corrected chi connectivity index (χ2v) is 8.57. The first-order chi connectivity index (χ1) is 12.7. The summed E-state index contributed by atoms with van der Waals surface area (Å²) in [7, 11) is -0.885. The number of hydrogen-bond acceptors (Lipinski definition) is 6. The zero-order valence-electron chi connectivity index (χ0n) is 15.6. The Labute approximate surface area is 159 Å². The molecular formula is C17H25N3O6S. The van der Waals surface area contributed by atoms with Gasteiger partial charge in [0.15, 0.2) is 0 Å². The van der Waals surface area contributed by atoms with E-state index in [1.807, 2.05) is 0 Å². The van der Waals surface area contributed by atoms with E-state index in [1.54, 1.807) is 11.8 Å². The first kappa shape index (κ1) is 21.0.